The van der Waals surface area contributed by atoms with Crippen LogP contribution in [0.1, 0.15) is 51.3 Å². The summed E-state index contributed by atoms with van der Waals surface area (Å²) in [7, 11) is 0. The third-order valence-corrected chi connectivity index (χ3v) is 18.6. The molecule has 2 aliphatic heterocycles. The Morgan fingerprint density at radius 3 is 1.62 bits per heavy atom. The summed E-state index contributed by atoms with van der Waals surface area (Å²) in [4.78, 5) is 10.4. The summed E-state index contributed by atoms with van der Waals surface area (Å²) in [5.74, 6) is 2.33. The van der Waals surface area contributed by atoms with Crippen LogP contribution in [0.3, 0.4) is 0 Å². The van der Waals surface area contributed by atoms with Gasteiger partial charge in [0.1, 0.15) is 17.3 Å². The van der Waals surface area contributed by atoms with Gasteiger partial charge in [0.15, 0.2) is 0 Å². The number of anilines is 2. The fraction of sp³-hybridized carbons (Fsp3) is 0.111. The molecule has 5 heterocycles. The minimum Gasteiger partial charge on any atom is -0.458 e. The molecule has 2 aliphatic rings. The summed E-state index contributed by atoms with van der Waals surface area (Å²) in [6, 6.07) is 98.9. The standard InChI is InChI=1S/C81H65BN6O/c1-80(2,3)59-46-47-83-77(50-59)88-73-45-40-60(82-86(71-37-20-18-32-63(71)55-24-10-6-11-25-55)48-49-87(82)72-38-21-19-33-64(72)56-26-12-7-13-27-56)51-68(73)67-43-41-61(52-75(67)88)89-62-42-44-69-76(53-62)85-54-84(74-39-23-36-70(79(74)85)81(69,4)5)78-65(57-28-14-8-15-29-57)34-22-35-66(78)58-30-16-9-17-31-58/h6-47,50-53H,48-49H2,1-5H3. The number of hydrogen-bond acceptors (Lipinski definition) is 4. The van der Waals surface area contributed by atoms with Crippen LogP contribution in [-0.4, -0.2) is 34.2 Å². The third-order valence-electron chi connectivity index (χ3n) is 18.6. The summed E-state index contributed by atoms with van der Waals surface area (Å²) >= 11 is 0. The maximum Gasteiger partial charge on any atom is 0.411 e. The zero-order valence-electron chi connectivity index (χ0n) is 50.6. The first-order valence-corrected chi connectivity index (χ1v) is 31.0. The highest BCUT2D eigenvalue weighted by atomic mass is 16.5. The second kappa shape index (κ2) is 21.3. The van der Waals surface area contributed by atoms with Gasteiger partial charge in [-0.15, -0.1) is 0 Å². The van der Waals surface area contributed by atoms with Gasteiger partial charge in [0, 0.05) is 64.0 Å². The van der Waals surface area contributed by atoms with Crippen LogP contribution < -0.4 is 24.4 Å². The Hall–Kier alpha value is -10.7. The molecule has 14 aromatic rings. The molecule has 0 saturated carbocycles. The summed E-state index contributed by atoms with van der Waals surface area (Å²) in [5.41, 5.74) is 22.6. The Labute approximate surface area is 520 Å². The molecular weight excluding hydrogens is 1080 g/mol. The predicted octanol–water partition coefficient (Wildman–Crippen LogP) is 18.3. The van der Waals surface area contributed by atoms with E-state index in [-0.39, 0.29) is 17.8 Å². The highest BCUT2D eigenvalue weighted by Gasteiger charge is 2.42. The SMILES string of the molecule is CC(C)(C)c1ccnc(-n2c3ccc(B4N(c5ccccc5-c5ccccc5)CCN4c4ccccc4-c4ccccc4)cc3c3ccc(Oc4ccc5c(c4)-n4[c-][n+](-c6c(-c7ccccc7)cccc6-c6ccccc6)c6cccc(c64)C5(C)C)cc32)c1. The Morgan fingerprint density at radius 2 is 1.01 bits per heavy atom. The van der Waals surface area contributed by atoms with Crippen LogP contribution >= 0.6 is 0 Å². The number of nitrogens with zero attached hydrogens (tertiary/aromatic N) is 6. The van der Waals surface area contributed by atoms with Crippen molar-refractivity contribution in [3.8, 4) is 73.2 Å². The largest absolute Gasteiger partial charge is 0.458 e. The number of para-hydroxylation sites is 4. The first-order chi connectivity index (χ1) is 43.5. The first kappa shape index (κ1) is 53.8. The molecule has 0 unspecified atom stereocenters. The van der Waals surface area contributed by atoms with Crippen molar-refractivity contribution in [3.63, 3.8) is 0 Å². The fourth-order valence-corrected chi connectivity index (χ4v) is 14.2. The topological polar surface area (TPSA) is 42.3 Å². The van der Waals surface area contributed by atoms with Crippen molar-refractivity contribution in [2.24, 2.45) is 0 Å². The van der Waals surface area contributed by atoms with Crippen molar-refractivity contribution >= 4 is 56.7 Å². The molecule has 11 aromatic carbocycles. The van der Waals surface area contributed by atoms with Crippen molar-refractivity contribution in [3.05, 3.63) is 302 Å². The van der Waals surface area contributed by atoms with E-state index in [0.717, 1.165) is 96.9 Å². The van der Waals surface area contributed by atoms with E-state index in [1.807, 2.05) is 6.20 Å². The number of imidazole rings is 1. The van der Waals surface area contributed by atoms with Crippen LogP contribution in [0.25, 0.3) is 94.5 Å². The smallest absolute Gasteiger partial charge is 0.411 e. The lowest BCUT2D eigenvalue weighted by Crippen LogP contribution is -2.54. The molecule has 0 aliphatic carbocycles. The van der Waals surface area contributed by atoms with Crippen LogP contribution in [0.5, 0.6) is 11.5 Å². The van der Waals surface area contributed by atoms with E-state index in [2.05, 4.69) is 337 Å². The van der Waals surface area contributed by atoms with E-state index >= 15 is 0 Å². The quantitative estimate of drug-likeness (QED) is 0.0735. The molecule has 0 atom stereocenters. The average molecular weight is 1150 g/mol. The van der Waals surface area contributed by atoms with E-state index in [0.29, 0.717) is 0 Å². The van der Waals surface area contributed by atoms with E-state index in [1.165, 1.54) is 55.8 Å². The van der Waals surface area contributed by atoms with Crippen molar-refractivity contribution in [1.29, 1.82) is 0 Å². The molecular formula is C81H65BN6O. The Morgan fingerprint density at radius 1 is 0.472 bits per heavy atom. The van der Waals surface area contributed by atoms with Gasteiger partial charge < -0.3 is 14.4 Å². The van der Waals surface area contributed by atoms with Gasteiger partial charge in [-0.1, -0.05) is 247 Å². The normalized spacial score (nSPS) is 13.6. The highest BCUT2D eigenvalue weighted by molar-refractivity contribution is 6.81. The van der Waals surface area contributed by atoms with Gasteiger partial charge in [0.05, 0.1) is 33.4 Å². The van der Waals surface area contributed by atoms with Gasteiger partial charge in [-0.25, -0.2) is 4.98 Å². The van der Waals surface area contributed by atoms with Gasteiger partial charge in [-0.3, -0.25) is 13.7 Å². The zero-order chi connectivity index (χ0) is 60.0. The predicted molar refractivity (Wildman–Crippen MR) is 368 cm³/mol. The van der Waals surface area contributed by atoms with E-state index in [1.54, 1.807) is 0 Å². The zero-order valence-corrected chi connectivity index (χ0v) is 50.6. The van der Waals surface area contributed by atoms with E-state index < -0.39 is 0 Å². The molecule has 1 fully saturated rings. The number of ether oxygens (including phenoxy) is 1. The van der Waals surface area contributed by atoms with Gasteiger partial charge >= 0.3 is 6.98 Å². The Balaban J connectivity index is 0.845. The molecule has 1 saturated heterocycles. The number of hydrogen-bond donors (Lipinski definition) is 0. The lowest BCUT2D eigenvalue weighted by atomic mass is 9.64. The highest BCUT2D eigenvalue weighted by Crippen LogP contribution is 2.47. The van der Waals surface area contributed by atoms with E-state index in [4.69, 9.17) is 9.72 Å². The van der Waals surface area contributed by atoms with Crippen LogP contribution in [0.4, 0.5) is 11.4 Å². The maximum atomic E-state index is 7.16. The van der Waals surface area contributed by atoms with Crippen LogP contribution in [0.2, 0.25) is 0 Å². The summed E-state index contributed by atoms with van der Waals surface area (Å²) in [6.07, 6.45) is 5.92. The molecule has 3 aromatic heterocycles. The first-order valence-electron chi connectivity index (χ1n) is 31.0. The van der Waals surface area contributed by atoms with Crippen LogP contribution in [-0.2, 0) is 10.8 Å². The molecule has 0 radical (unpaired) electrons. The minimum absolute atomic E-state index is 0.0989. The van der Waals surface area contributed by atoms with Crippen molar-refractivity contribution in [2.45, 2.75) is 45.4 Å². The maximum absolute atomic E-state index is 7.16. The van der Waals surface area contributed by atoms with E-state index in [9.17, 15) is 0 Å². The second-order valence-electron chi connectivity index (χ2n) is 25.3. The molecule has 8 heteroatoms. The third kappa shape index (κ3) is 9.12. The number of benzene rings is 11. The minimum atomic E-state index is -0.328. The molecule has 0 amide bonds. The number of aromatic nitrogens is 4. The molecule has 428 valence electrons. The van der Waals surface area contributed by atoms with Gasteiger partial charge in [-0.2, -0.15) is 0 Å². The molecule has 89 heavy (non-hydrogen) atoms. The van der Waals surface area contributed by atoms with Gasteiger partial charge in [0.2, 0.25) is 0 Å². The summed E-state index contributed by atoms with van der Waals surface area (Å²) < 4.78 is 14.1. The van der Waals surface area contributed by atoms with Crippen LogP contribution in [0.15, 0.2) is 279 Å². The number of rotatable bonds is 11. The molecule has 16 rings (SSSR count). The number of pyridine rings is 1. The summed E-state index contributed by atoms with van der Waals surface area (Å²) in [6.45, 7) is 13.0. The summed E-state index contributed by atoms with van der Waals surface area (Å²) in [5, 5.41) is 2.26. The molecule has 0 bridgehead atoms. The van der Waals surface area contributed by atoms with Crippen molar-refractivity contribution in [2.75, 3.05) is 22.7 Å². The lowest BCUT2D eigenvalue weighted by Gasteiger charge is -2.34. The average Bonchev–Trinajstić information content (AvgIpc) is 1.65. The fourth-order valence-electron chi connectivity index (χ4n) is 14.2. The van der Waals surface area contributed by atoms with Crippen molar-refractivity contribution in [1.82, 2.24) is 14.1 Å². The Kier molecular flexibility index (Phi) is 12.9. The molecule has 0 spiro atoms. The van der Waals surface area contributed by atoms with Gasteiger partial charge in [0.25, 0.3) is 6.33 Å². The van der Waals surface area contributed by atoms with Gasteiger partial charge in [-0.05, 0) is 116 Å². The monoisotopic (exact) mass is 1150 g/mol. The second-order valence-corrected chi connectivity index (χ2v) is 25.3. The van der Waals surface area contributed by atoms with Crippen LogP contribution in [0, 0.1) is 6.33 Å². The Bertz CT molecular complexity index is 4880. The molecule has 0 N–H and O–H groups in total. The molecule has 7 nitrogen and oxygen atoms in total. The number of fused-ring (bicyclic) bond motifs is 5. The lowest BCUT2D eigenvalue weighted by molar-refractivity contribution is -0.571. The van der Waals surface area contributed by atoms with Crippen molar-refractivity contribution < 1.29 is 9.30 Å².